The van der Waals surface area contributed by atoms with Gasteiger partial charge in [-0.25, -0.2) is 0 Å². The molecule has 0 nitrogen and oxygen atoms in total. The predicted molar refractivity (Wildman–Crippen MR) is 193 cm³/mol. The van der Waals surface area contributed by atoms with Gasteiger partial charge in [-0.1, -0.05) is 151 Å². The van der Waals surface area contributed by atoms with Gasteiger partial charge in [-0.05, 0) is 73.3 Å². The van der Waals surface area contributed by atoms with Crippen LogP contribution in [-0.4, -0.2) is 0 Å². The second-order valence-corrected chi connectivity index (χ2v) is 14.3. The van der Waals surface area contributed by atoms with Crippen molar-refractivity contribution in [2.24, 2.45) is 0 Å². The van der Waals surface area contributed by atoms with Gasteiger partial charge in [0.2, 0.25) is 0 Å². The fraction of sp³-hybridized carbons (Fsp3) is 0.0455. The molecule has 2 spiro atoms. The van der Waals surface area contributed by atoms with Crippen molar-refractivity contribution in [3.05, 3.63) is 201 Å². The van der Waals surface area contributed by atoms with Gasteiger partial charge in [0.15, 0.2) is 0 Å². The van der Waals surface area contributed by atoms with E-state index >= 15 is 0 Å². The number of hydrogen-bond donors (Lipinski definition) is 0. The van der Waals surface area contributed by atoms with Crippen molar-refractivity contribution in [1.29, 1.82) is 0 Å². The molecule has 8 aromatic rings. The summed E-state index contributed by atoms with van der Waals surface area (Å²) in [6.45, 7) is 0. The minimum Gasteiger partial charge on any atom is -0.135 e. The molecule has 7 aromatic carbocycles. The summed E-state index contributed by atoms with van der Waals surface area (Å²) >= 11 is 9.16. The van der Waals surface area contributed by atoms with Gasteiger partial charge in [-0.15, -0.1) is 11.3 Å². The molecule has 1 aromatic heterocycles. The normalized spacial score (nSPS) is 15.4. The lowest BCUT2D eigenvalue weighted by Crippen LogP contribution is -2.43. The molecule has 11 rings (SSSR count). The average Bonchev–Trinajstić information content (AvgIpc) is 3.74. The SMILES string of the molecule is Clc1cccc2c1-c1ccc3c(sc4ccccc43)c1C21c2ccccc2C2(c3ccccc3-c3ccccc32)c2ccccc21. The van der Waals surface area contributed by atoms with Crippen LogP contribution in [0.2, 0.25) is 5.02 Å². The standard InChI is InChI=1S/C44H25ClS/c45-38-22-11-21-37-40(38)30-25-24-29-28-14-3-10-23-39(28)46-42(29)41(30)44(37)35-19-8-6-17-33(35)43(34-18-7-9-20-36(34)44)31-15-4-1-12-26(31)27-13-2-5-16-32(27)43/h1-25H. The van der Waals surface area contributed by atoms with Crippen LogP contribution in [0.3, 0.4) is 0 Å². The minimum absolute atomic E-state index is 0.443. The van der Waals surface area contributed by atoms with Crippen LogP contribution in [0.4, 0.5) is 0 Å². The van der Waals surface area contributed by atoms with E-state index in [-0.39, 0.29) is 0 Å². The zero-order valence-electron chi connectivity index (χ0n) is 24.7. The predicted octanol–water partition coefficient (Wildman–Crippen LogP) is 11.7. The Morgan fingerprint density at radius 2 is 0.913 bits per heavy atom. The highest BCUT2D eigenvalue weighted by atomic mass is 35.5. The Kier molecular flexibility index (Phi) is 4.75. The van der Waals surface area contributed by atoms with Crippen LogP contribution in [0.1, 0.15) is 44.5 Å². The zero-order valence-corrected chi connectivity index (χ0v) is 26.3. The quantitative estimate of drug-likeness (QED) is 0.158. The Morgan fingerprint density at radius 3 is 1.57 bits per heavy atom. The van der Waals surface area contributed by atoms with E-state index in [0.29, 0.717) is 0 Å². The van der Waals surface area contributed by atoms with Gasteiger partial charge in [0.1, 0.15) is 0 Å². The molecule has 214 valence electrons. The van der Waals surface area contributed by atoms with Crippen molar-refractivity contribution in [1.82, 2.24) is 0 Å². The fourth-order valence-corrected chi connectivity index (χ4v) is 11.1. The van der Waals surface area contributed by atoms with Crippen molar-refractivity contribution in [3.63, 3.8) is 0 Å². The summed E-state index contributed by atoms with van der Waals surface area (Å²) in [6, 6.07) is 56.7. The Hall–Kier alpha value is -4.95. The maximum Gasteiger partial charge on any atom is 0.0734 e. The van der Waals surface area contributed by atoms with Crippen molar-refractivity contribution in [2.45, 2.75) is 10.8 Å². The van der Waals surface area contributed by atoms with Gasteiger partial charge in [-0.3, -0.25) is 0 Å². The lowest BCUT2D eigenvalue weighted by Gasteiger charge is -2.48. The Labute approximate surface area is 276 Å². The van der Waals surface area contributed by atoms with Crippen molar-refractivity contribution in [3.8, 4) is 22.3 Å². The maximum absolute atomic E-state index is 7.24. The second kappa shape index (κ2) is 8.65. The van der Waals surface area contributed by atoms with Gasteiger partial charge in [0.25, 0.3) is 0 Å². The number of benzene rings is 7. The van der Waals surface area contributed by atoms with Crippen molar-refractivity contribution in [2.75, 3.05) is 0 Å². The molecule has 0 aliphatic heterocycles. The molecule has 0 N–H and O–H groups in total. The summed E-state index contributed by atoms with van der Waals surface area (Å²) in [5.41, 5.74) is 14.8. The van der Waals surface area contributed by atoms with Crippen LogP contribution in [0.25, 0.3) is 42.4 Å². The van der Waals surface area contributed by atoms with Crippen LogP contribution in [0.5, 0.6) is 0 Å². The maximum atomic E-state index is 7.24. The molecule has 46 heavy (non-hydrogen) atoms. The summed E-state index contributed by atoms with van der Waals surface area (Å²) < 4.78 is 2.66. The third-order valence-electron chi connectivity index (χ3n) is 11.0. The van der Waals surface area contributed by atoms with E-state index in [2.05, 4.69) is 152 Å². The first-order valence-electron chi connectivity index (χ1n) is 15.9. The summed E-state index contributed by atoms with van der Waals surface area (Å²) in [5.74, 6) is 0. The summed E-state index contributed by atoms with van der Waals surface area (Å²) in [4.78, 5) is 0. The van der Waals surface area contributed by atoms with Crippen LogP contribution in [0.15, 0.2) is 152 Å². The summed E-state index contributed by atoms with van der Waals surface area (Å²) in [5, 5.41) is 3.44. The van der Waals surface area contributed by atoms with Crippen molar-refractivity contribution < 1.29 is 0 Å². The highest BCUT2D eigenvalue weighted by Crippen LogP contribution is 2.69. The van der Waals surface area contributed by atoms with Gasteiger partial charge in [-0.2, -0.15) is 0 Å². The van der Waals surface area contributed by atoms with E-state index in [1.54, 1.807) is 0 Å². The molecule has 0 amide bonds. The van der Waals surface area contributed by atoms with Gasteiger partial charge in [0, 0.05) is 30.8 Å². The van der Waals surface area contributed by atoms with Gasteiger partial charge >= 0.3 is 0 Å². The summed E-state index contributed by atoms with van der Waals surface area (Å²) in [6.07, 6.45) is 0. The first-order valence-corrected chi connectivity index (χ1v) is 17.1. The van der Waals surface area contributed by atoms with Crippen LogP contribution in [-0.2, 0) is 10.8 Å². The molecule has 3 aliphatic carbocycles. The van der Waals surface area contributed by atoms with E-state index in [1.165, 1.54) is 81.4 Å². The number of halogens is 1. The van der Waals surface area contributed by atoms with Gasteiger partial charge in [0.05, 0.1) is 10.8 Å². The number of hydrogen-bond acceptors (Lipinski definition) is 1. The third kappa shape index (κ3) is 2.69. The molecular weight excluding hydrogens is 596 g/mol. The third-order valence-corrected chi connectivity index (χ3v) is 12.6. The second-order valence-electron chi connectivity index (χ2n) is 12.8. The topological polar surface area (TPSA) is 0 Å². The van der Waals surface area contributed by atoms with E-state index in [4.69, 9.17) is 11.6 Å². The lowest BCUT2D eigenvalue weighted by atomic mass is 9.52. The highest BCUT2D eigenvalue weighted by Gasteiger charge is 2.59. The van der Waals surface area contributed by atoms with Crippen LogP contribution in [0, 0.1) is 0 Å². The van der Waals surface area contributed by atoms with Crippen LogP contribution >= 0.6 is 22.9 Å². The minimum atomic E-state index is -0.541. The number of thiophene rings is 1. The first-order chi connectivity index (χ1) is 22.8. The molecule has 0 saturated carbocycles. The zero-order chi connectivity index (χ0) is 30.2. The number of fused-ring (bicyclic) bond motifs is 20. The number of rotatable bonds is 0. The molecule has 1 heterocycles. The van der Waals surface area contributed by atoms with E-state index < -0.39 is 10.8 Å². The summed E-state index contributed by atoms with van der Waals surface area (Å²) in [7, 11) is 0. The van der Waals surface area contributed by atoms with Crippen molar-refractivity contribution >= 4 is 43.1 Å². The van der Waals surface area contributed by atoms with E-state index in [1.807, 2.05) is 11.3 Å². The van der Waals surface area contributed by atoms with Gasteiger partial charge < -0.3 is 0 Å². The Morgan fingerprint density at radius 1 is 0.391 bits per heavy atom. The molecule has 0 bridgehead atoms. The Bertz CT molecular complexity index is 2530. The molecule has 0 radical (unpaired) electrons. The highest BCUT2D eigenvalue weighted by molar-refractivity contribution is 7.26. The molecule has 0 unspecified atom stereocenters. The molecule has 0 fully saturated rings. The molecular formula is C44H25ClS. The molecule has 2 heteroatoms. The fourth-order valence-electron chi connectivity index (χ4n) is 9.55. The van der Waals surface area contributed by atoms with E-state index in [0.717, 1.165) is 10.6 Å². The van der Waals surface area contributed by atoms with Crippen LogP contribution < -0.4 is 0 Å². The molecule has 0 atom stereocenters. The smallest absolute Gasteiger partial charge is 0.0734 e. The lowest BCUT2D eigenvalue weighted by molar-refractivity contribution is 0.636. The van der Waals surface area contributed by atoms with E-state index in [9.17, 15) is 0 Å². The molecule has 0 saturated heterocycles. The largest absolute Gasteiger partial charge is 0.135 e. The first kappa shape index (κ1) is 25.3. The monoisotopic (exact) mass is 620 g/mol. The average molecular weight is 621 g/mol. The Balaban J connectivity index is 1.40. The molecule has 3 aliphatic rings.